The van der Waals surface area contributed by atoms with Gasteiger partial charge in [-0.25, -0.2) is 0 Å². The molecule has 0 unspecified atom stereocenters. The molecule has 0 heterocycles. The first-order valence-corrected chi connectivity index (χ1v) is 12.2. The van der Waals surface area contributed by atoms with Gasteiger partial charge in [-0.2, -0.15) is 0 Å². The topological polar surface area (TPSA) is 142 Å². The third kappa shape index (κ3) is 7.83. The molecule has 0 radical (unpaired) electrons. The Bertz CT molecular complexity index is 1260. The second-order valence-corrected chi connectivity index (χ2v) is 9.20. The van der Waals surface area contributed by atoms with Crippen molar-refractivity contribution in [1.29, 1.82) is 0 Å². The second kappa shape index (κ2) is 12.6. The summed E-state index contributed by atoms with van der Waals surface area (Å²) in [6.45, 7) is 3.98. The molecule has 37 heavy (non-hydrogen) atoms. The normalized spacial score (nSPS) is 12.4. The van der Waals surface area contributed by atoms with E-state index in [0.29, 0.717) is 35.2 Å². The van der Waals surface area contributed by atoms with E-state index in [-0.39, 0.29) is 30.5 Å². The van der Waals surface area contributed by atoms with Crippen molar-refractivity contribution < 1.29 is 24.6 Å². The number of nitrogens with two attached hydrogens (primary N) is 1. The Labute approximate surface area is 216 Å². The Balaban J connectivity index is 1.73. The van der Waals surface area contributed by atoms with Gasteiger partial charge >= 0.3 is 5.97 Å². The van der Waals surface area contributed by atoms with Crippen molar-refractivity contribution in [3.63, 3.8) is 0 Å². The molecule has 8 heteroatoms. The summed E-state index contributed by atoms with van der Waals surface area (Å²) < 4.78 is 0. The lowest BCUT2D eigenvalue weighted by molar-refractivity contribution is -0.136. The lowest BCUT2D eigenvalue weighted by Gasteiger charge is -2.24. The fraction of sp³-hybridized carbons (Fsp3) is 0.276. The van der Waals surface area contributed by atoms with Gasteiger partial charge in [-0.15, -0.1) is 0 Å². The summed E-state index contributed by atoms with van der Waals surface area (Å²) >= 11 is 0. The summed E-state index contributed by atoms with van der Waals surface area (Å²) in [4.78, 5) is 37.5. The molecule has 0 aromatic heterocycles. The van der Waals surface area contributed by atoms with Gasteiger partial charge in [0.2, 0.25) is 5.91 Å². The zero-order valence-corrected chi connectivity index (χ0v) is 21.0. The third-order valence-electron chi connectivity index (χ3n) is 6.32. The number of hydrogen-bond acceptors (Lipinski definition) is 5. The summed E-state index contributed by atoms with van der Waals surface area (Å²) in [6.07, 6.45) is 1.05. The molecule has 8 nitrogen and oxygen atoms in total. The van der Waals surface area contributed by atoms with Gasteiger partial charge in [-0.1, -0.05) is 56.7 Å². The van der Waals surface area contributed by atoms with Crippen molar-refractivity contribution >= 4 is 23.5 Å². The van der Waals surface area contributed by atoms with Gasteiger partial charge in [0.1, 0.15) is 11.8 Å². The van der Waals surface area contributed by atoms with Crippen molar-refractivity contribution in [2.24, 2.45) is 5.92 Å². The number of phenolic OH excluding ortho intramolecular Hbond substituents is 1. The van der Waals surface area contributed by atoms with E-state index in [4.69, 9.17) is 10.8 Å². The highest BCUT2D eigenvalue weighted by atomic mass is 16.4. The number of aromatic hydroxyl groups is 1. The summed E-state index contributed by atoms with van der Waals surface area (Å²) in [5.74, 6) is -1.67. The molecular formula is C29H33N3O5. The summed E-state index contributed by atoms with van der Waals surface area (Å²) in [7, 11) is 0. The Hall–Kier alpha value is -4.33. The van der Waals surface area contributed by atoms with Gasteiger partial charge in [-0.05, 0) is 64.9 Å². The van der Waals surface area contributed by atoms with Crippen LogP contribution in [0, 0.1) is 5.92 Å². The minimum absolute atomic E-state index is 0.139. The number of amides is 2. The number of carbonyl (C=O) groups excluding carboxylic acids is 2. The van der Waals surface area contributed by atoms with Crippen molar-refractivity contribution in [2.45, 2.75) is 45.7 Å². The molecule has 3 rings (SSSR count). The van der Waals surface area contributed by atoms with Crippen LogP contribution in [0.4, 0.5) is 5.69 Å². The highest BCUT2D eigenvalue weighted by molar-refractivity contribution is 5.98. The van der Waals surface area contributed by atoms with E-state index in [1.54, 1.807) is 66.7 Å². The molecule has 3 aromatic rings. The van der Waals surface area contributed by atoms with Crippen molar-refractivity contribution in [2.75, 3.05) is 5.73 Å². The molecule has 0 aliphatic carbocycles. The SMILES string of the molecule is CC[C@@H](C)[C@H](NC(=O)c1cc(N)cc(Cc2ccc(O)cc2)c1)C(=O)NCc1ccccc1CC(=O)O. The van der Waals surface area contributed by atoms with Crippen LogP contribution in [-0.4, -0.2) is 34.0 Å². The lowest BCUT2D eigenvalue weighted by atomic mass is 9.97. The number of benzene rings is 3. The summed E-state index contributed by atoms with van der Waals surface area (Å²) in [6, 6.07) is 18.2. The number of carboxylic acid groups (broad SMARTS) is 1. The second-order valence-electron chi connectivity index (χ2n) is 9.20. The summed E-state index contributed by atoms with van der Waals surface area (Å²) in [5.41, 5.74) is 9.97. The van der Waals surface area contributed by atoms with Gasteiger partial charge in [0.25, 0.3) is 5.91 Å². The molecule has 2 amide bonds. The van der Waals surface area contributed by atoms with Crippen LogP contribution >= 0.6 is 0 Å². The molecule has 3 aromatic carbocycles. The first-order chi connectivity index (χ1) is 17.7. The summed E-state index contributed by atoms with van der Waals surface area (Å²) in [5, 5.41) is 24.4. The molecule has 0 aliphatic heterocycles. The smallest absolute Gasteiger partial charge is 0.307 e. The minimum atomic E-state index is -0.949. The van der Waals surface area contributed by atoms with Gasteiger partial charge in [-0.3, -0.25) is 14.4 Å². The lowest BCUT2D eigenvalue weighted by Crippen LogP contribution is -2.50. The fourth-order valence-electron chi connectivity index (χ4n) is 4.09. The van der Waals surface area contributed by atoms with Crippen LogP contribution in [0.25, 0.3) is 0 Å². The molecule has 2 atom stereocenters. The maximum atomic E-state index is 13.2. The number of phenols is 1. The highest BCUT2D eigenvalue weighted by Crippen LogP contribution is 2.19. The number of nitrogens with one attached hydrogen (secondary N) is 2. The zero-order valence-electron chi connectivity index (χ0n) is 21.0. The van der Waals surface area contributed by atoms with Crippen molar-refractivity contribution in [1.82, 2.24) is 10.6 Å². The Morgan fingerprint density at radius 3 is 2.27 bits per heavy atom. The van der Waals surface area contributed by atoms with Crippen LogP contribution in [0.5, 0.6) is 5.75 Å². The van der Waals surface area contributed by atoms with Gasteiger partial charge in [0.05, 0.1) is 6.42 Å². The van der Waals surface area contributed by atoms with E-state index in [9.17, 15) is 19.5 Å². The molecular weight excluding hydrogens is 470 g/mol. The van der Waals surface area contributed by atoms with E-state index >= 15 is 0 Å². The first-order valence-electron chi connectivity index (χ1n) is 12.2. The molecule has 0 saturated carbocycles. The van der Waals surface area contributed by atoms with E-state index in [0.717, 1.165) is 11.1 Å². The van der Waals surface area contributed by atoms with Crippen molar-refractivity contribution in [3.05, 3.63) is 94.5 Å². The largest absolute Gasteiger partial charge is 0.508 e. The molecule has 0 fully saturated rings. The quantitative estimate of drug-likeness (QED) is 0.253. The highest BCUT2D eigenvalue weighted by Gasteiger charge is 2.26. The molecule has 6 N–H and O–H groups in total. The molecule has 0 saturated heterocycles. The Morgan fingerprint density at radius 1 is 0.946 bits per heavy atom. The van der Waals surface area contributed by atoms with Gasteiger partial charge in [0, 0.05) is 17.8 Å². The van der Waals surface area contributed by atoms with Crippen molar-refractivity contribution in [3.8, 4) is 5.75 Å². The fourth-order valence-corrected chi connectivity index (χ4v) is 4.09. The zero-order chi connectivity index (χ0) is 26.9. The van der Waals surface area contributed by atoms with Gasteiger partial charge in [0.15, 0.2) is 0 Å². The molecule has 0 bridgehead atoms. The Morgan fingerprint density at radius 2 is 1.62 bits per heavy atom. The van der Waals surface area contributed by atoms with Crippen LogP contribution < -0.4 is 16.4 Å². The predicted octanol–water partition coefficient (Wildman–Crippen LogP) is 3.65. The van der Waals surface area contributed by atoms with E-state index in [1.165, 1.54) is 0 Å². The van der Waals surface area contributed by atoms with E-state index in [2.05, 4.69) is 10.6 Å². The average molecular weight is 504 g/mol. The van der Waals surface area contributed by atoms with E-state index < -0.39 is 17.9 Å². The van der Waals surface area contributed by atoms with Crippen LogP contribution in [0.2, 0.25) is 0 Å². The third-order valence-corrected chi connectivity index (χ3v) is 6.32. The van der Waals surface area contributed by atoms with Crippen LogP contribution in [0.3, 0.4) is 0 Å². The molecule has 0 spiro atoms. The number of nitrogen functional groups attached to an aromatic ring is 1. The number of aliphatic carboxylic acids is 1. The van der Waals surface area contributed by atoms with Crippen LogP contribution in [0.15, 0.2) is 66.7 Å². The number of carboxylic acids is 1. The maximum absolute atomic E-state index is 13.2. The van der Waals surface area contributed by atoms with Gasteiger partial charge < -0.3 is 26.6 Å². The molecule has 0 aliphatic rings. The Kier molecular flexibility index (Phi) is 9.27. The van der Waals surface area contributed by atoms with Crippen LogP contribution in [-0.2, 0) is 29.0 Å². The first kappa shape index (κ1) is 27.3. The minimum Gasteiger partial charge on any atom is -0.508 e. The number of anilines is 1. The average Bonchev–Trinajstić information content (AvgIpc) is 2.86. The van der Waals surface area contributed by atoms with Crippen LogP contribution in [0.1, 0.15) is 52.9 Å². The monoisotopic (exact) mass is 503 g/mol. The maximum Gasteiger partial charge on any atom is 0.307 e. The molecule has 194 valence electrons. The number of hydrogen-bond donors (Lipinski definition) is 5. The predicted molar refractivity (Wildman–Crippen MR) is 142 cm³/mol. The number of rotatable bonds is 11. The van der Waals surface area contributed by atoms with E-state index in [1.807, 2.05) is 13.8 Å². The number of carbonyl (C=O) groups is 3. The standard InChI is InChI=1S/C29H33N3O5/c1-3-18(2)27(29(37)31-17-22-7-5-4-6-21(22)16-26(34)35)32-28(36)23-13-20(14-24(30)15-23)12-19-8-10-25(33)11-9-19/h4-11,13-15,18,27,33H,3,12,16-17,30H2,1-2H3,(H,31,37)(H,32,36)(H,34,35)/t18-,27+/m1/s1.